The molecule has 0 radical (unpaired) electrons. The molecule has 2 aliphatic carbocycles. The van der Waals surface area contributed by atoms with E-state index >= 15 is 0 Å². The average Bonchev–Trinajstić information content (AvgIpc) is 3.08. The van der Waals surface area contributed by atoms with Crippen molar-refractivity contribution in [2.45, 2.75) is 45.1 Å². The summed E-state index contributed by atoms with van der Waals surface area (Å²) in [7, 11) is 0. The van der Waals surface area contributed by atoms with Gasteiger partial charge in [0.2, 0.25) is 0 Å². The van der Waals surface area contributed by atoms with Crippen molar-refractivity contribution in [3.05, 3.63) is 22.8 Å². The molecule has 5 heteroatoms. The molecular weight excluding hydrogens is 286 g/mol. The third-order valence-corrected chi connectivity index (χ3v) is 4.99. The molecule has 1 heterocycles. The molecule has 0 aliphatic heterocycles. The molecule has 4 nitrogen and oxygen atoms in total. The fourth-order valence-electron chi connectivity index (χ4n) is 3.61. The van der Waals surface area contributed by atoms with Crippen LogP contribution in [0, 0.1) is 11.8 Å². The van der Waals surface area contributed by atoms with E-state index in [1.807, 2.05) is 0 Å². The van der Waals surface area contributed by atoms with Gasteiger partial charge in [0.15, 0.2) is 0 Å². The summed E-state index contributed by atoms with van der Waals surface area (Å²) in [5.74, 6) is 2.09. The number of amides is 1. The molecular formula is C16H22ClN3O. The number of carbonyl (C=O) groups is 1. The zero-order chi connectivity index (χ0) is 14.8. The highest BCUT2D eigenvalue weighted by atomic mass is 35.5. The predicted molar refractivity (Wildman–Crippen MR) is 84.7 cm³/mol. The van der Waals surface area contributed by atoms with Crippen molar-refractivity contribution in [3.8, 4) is 0 Å². The molecule has 1 aromatic heterocycles. The topological polar surface area (TPSA) is 54.0 Å². The second-order valence-corrected chi connectivity index (χ2v) is 6.64. The van der Waals surface area contributed by atoms with Crippen molar-refractivity contribution in [1.29, 1.82) is 0 Å². The van der Waals surface area contributed by atoms with Crippen LogP contribution in [-0.4, -0.2) is 23.5 Å². The summed E-state index contributed by atoms with van der Waals surface area (Å²) < 4.78 is 0. The summed E-state index contributed by atoms with van der Waals surface area (Å²) >= 11 is 6.18. The van der Waals surface area contributed by atoms with Crippen LogP contribution in [0.1, 0.15) is 49.4 Å². The van der Waals surface area contributed by atoms with Gasteiger partial charge in [0.05, 0.1) is 10.6 Å². The highest BCUT2D eigenvalue weighted by Crippen LogP contribution is 2.44. The zero-order valence-corrected chi connectivity index (χ0v) is 13.1. The number of anilines is 1. The molecule has 0 aromatic carbocycles. The SMILES string of the molecule is CCCNc1ncc(C(=O)NC2CC3CCC2C3)cc1Cl. The number of rotatable bonds is 5. The lowest BCUT2D eigenvalue weighted by Gasteiger charge is -2.22. The van der Waals surface area contributed by atoms with Crippen molar-refractivity contribution in [2.75, 3.05) is 11.9 Å². The molecule has 0 saturated heterocycles. The zero-order valence-electron chi connectivity index (χ0n) is 12.4. The van der Waals surface area contributed by atoms with Crippen LogP contribution in [0.2, 0.25) is 5.02 Å². The molecule has 1 amide bonds. The Labute approximate surface area is 130 Å². The lowest BCUT2D eigenvalue weighted by molar-refractivity contribution is 0.0922. The quantitative estimate of drug-likeness (QED) is 0.875. The van der Waals surface area contributed by atoms with Gasteiger partial charge in [-0.05, 0) is 43.6 Å². The number of aromatic nitrogens is 1. The first kappa shape index (κ1) is 14.6. The van der Waals surface area contributed by atoms with Gasteiger partial charge in [-0.3, -0.25) is 4.79 Å². The lowest BCUT2D eigenvalue weighted by Crippen LogP contribution is -2.38. The Balaban J connectivity index is 1.63. The van der Waals surface area contributed by atoms with Gasteiger partial charge in [-0.2, -0.15) is 0 Å². The predicted octanol–water partition coefficient (Wildman–Crippen LogP) is 3.48. The fourth-order valence-corrected chi connectivity index (χ4v) is 3.84. The molecule has 2 fully saturated rings. The van der Waals surface area contributed by atoms with Crippen LogP contribution in [0.3, 0.4) is 0 Å². The Hall–Kier alpha value is -1.29. The van der Waals surface area contributed by atoms with Crippen molar-refractivity contribution in [3.63, 3.8) is 0 Å². The average molecular weight is 308 g/mol. The Morgan fingerprint density at radius 3 is 2.90 bits per heavy atom. The van der Waals surface area contributed by atoms with Crippen LogP contribution in [0.25, 0.3) is 0 Å². The molecule has 3 atom stereocenters. The summed E-state index contributed by atoms with van der Waals surface area (Å²) in [6, 6.07) is 2.04. The van der Waals surface area contributed by atoms with Gasteiger partial charge in [0.25, 0.3) is 5.91 Å². The smallest absolute Gasteiger partial charge is 0.253 e. The largest absolute Gasteiger partial charge is 0.369 e. The van der Waals surface area contributed by atoms with E-state index in [1.165, 1.54) is 19.3 Å². The van der Waals surface area contributed by atoms with Gasteiger partial charge in [-0.1, -0.05) is 24.9 Å². The Morgan fingerprint density at radius 2 is 2.29 bits per heavy atom. The minimum atomic E-state index is -0.0519. The standard InChI is InChI=1S/C16H22ClN3O/c1-2-5-18-15-13(17)8-12(9-19-15)16(21)20-14-7-10-3-4-11(14)6-10/h8-11,14H,2-7H2,1H3,(H,18,19)(H,20,21). The molecule has 3 rings (SSSR count). The summed E-state index contributed by atoms with van der Waals surface area (Å²) in [4.78, 5) is 16.6. The van der Waals surface area contributed by atoms with E-state index in [9.17, 15) is 4.79 Å². The van der Waals surface area contributed by atoms with Crippen molar-refractivity contribution >= 4 is 23.3 Å². The van der Waals surface area contributed by atoms with Gasteiger partial charge in [-0.25, -0.2) is 4.98 Å². The second-order valence-electron chi connectivity index (χ2n) is 6.24. The van der Waals surface area contributed by atoms with Crippen LogP contribution in [0.4, 0.5) is 5.82 Å². The van der Waals surface area contributed by atoms with Crippen molar-refractivity contribution in [1.82, 2.24) is 10.3 Å². The number of fused-ring (bicyclic) bond motifs is 2. The molecule has 2 N–H and O–H groups in total. The number of hydrogen-bond acceptors (Lipinski definition) is 3. The number of carbonyl (C=O) groups excluding carboxylic acids is 1. The molecule has 1 aromatic rings. The van der Waals surface area contributed by atoms with Crippen LogP contribution < -0.4 is 10.6 Å². The maximum Gasteiger partial charge on any atom is 0.253 e. The lowest BCUT2D eigenvalue weighted by atomic mass is 9.95. The Morgan fingerprint density at radius 1 is 1.43 bits per heavy atom. The minimum absolute atomic E-state index is 0.0519. The van der Waals surface area contributed by atoms with E-state index in [0.29, 0.717) is 28.4 Å². The van der Waals surface area contributed by atoms with Crippen molar-refractivity contribution in [2.24, 2.45) is 11.8 Å². The van der Waals surface area contributed by atoms with Crippen molar-refractivity contribution < 1.29 is 4.79 Å². The van der Waals surface area contributed by atoms with Crippen LogP contribution in [-0.2, 0) is 0 Å². The molecule has 2 bridgehead atoms. The third-order valence-electron chi connectivity index (χ3n) is 4.70. The Bertz CT molecular complexity index is 534. The van der Waals surface area contributed by atoms with Crippen LogP contribution in [0.5, 0.6) is 0 Å². The number of nitrogens with one attached hydrogen (secondary N) is 2. The maximum absolute atomic E-state index is 12.3. The summed E-state index contributed by atoms with van der Waals surface area (Å²) in [5, 5.41) is 6.81. The summed E-state index contributed by atoms with van der Waals surface area (Å²) in [5.41, 5.74) is 0.546. The van der Waals surface area contributed by atoms with Gasteiger partial charge < -0.3 is 10.6 Å². The van der Waals surface area contributed by atoms with E-state index in [2.05, 4.69) is 22.5 Å². The summed E-state index contributed by atoms with van der Waals surface area (Å²) in [6.45, 7) is 2.90. The van der Waals surface area contributed by atoms with Gasteiger partial charge in [-0.15, -0.1) is 0 Å². The maximum atomic E-state index is 12.3. The minimum Gasteiger partial charge on any atom is -0.369 e. The first-order chi connectivity index (χ1) is 10.2. The highest BCUT2D eigenvalue weighted by Gasteiger charge is 2.40. The van der Waals surface area contributed by atoms with Gasteiger partial charge in [0.1, 0.15) is 5.82 Å². The van der Waals surface area contributed by atoms with E-state index in [-0.39, 0.29) is 5.91 Å². The molecule has 2 aliphatic rings. The second kappa shape index (κ2) is 6.22. The van der Waals surface area contributed by atoms with E-state index < -0.39 is 0 Å². The first-order valence-corrected chi connectivity index (χ1v) is 8.25. The molecule has 21 heavy (non-hydrogen) atoms. The molecule has 3 unspecified atom stereocenters. The number of nitrogens with zero attached hydrogens (tertiary/aromatic N) is 1. The monoisotopic (exact) mass is 307 g/mol. The Kier molecular flexibility index (Phi) is 4.34. The van der Waals surface area contributed by atoms with E-state index in [1.54, 1.807) is 12.3 Å². The molecule has 0 spiro atoms. The number of hydrogen-bond donors (Lipinski definition) is 2. The number of halogens is 1. The highest BCUT2D eigenvalue weighted by molar-refractivity contribution is 6.33. The normalized spacial score (nSPS) is 26.9. The van der Waals surface area contributed by atoms with Crippen LogP contribution >= 0.6 is 11.6 Å². The third kappa shape index (κ3) is 3.15. The van der Waals surface area contributed by atoms with Gasteiger partial charge >= 0.3 is 0 Å². The molecule has 114 valence electrons. The number of pyridine rings is 1. The van der Waals surface area contributed by atoms with Crippen LogP contribution in [0.15, 0.2) is 12.3 Å². The van der Waals surface area contributed by atoms with E-state index in [0.717, 1.165) is 25.3 Å². The summed E-state index contributed by atoms with van der Waals surface area (Å²) in [6.07, 6.45) is 7.62. The first-order valence-electron chi connectivity index (χ1n) is 7.87. The van der Waals surface area contributed by atoms with E-state index in [4.69, 9.17) is 11.6 Å². The fraction of sp³-hybridized carbons (Fsp3) is 0.625. The molecule has 2 saturated carbocycles. The van der Waals surface area contributed by atoms with Gasteiger partial charge in [0, 0.05) is 18.8 Å².